The van der Waals surface area contributed by atoms with Crippen molar-refractivity contribution in [2.75, 3.05) is 18.1 Å². The number of rotatable bonds is 5. The Morgan fingerprint density at radius 3 is 2.50 bits per heavy atom. The van der Waals surface area contributed by atoms with Gasteiger partial charge in [-0.25, -0.2) is 0 Å². The Balaban J connectivity index is 3.78. The Morgan fingerprint density at radius 2 is 2.08 bits per heavy atom. The van der Waals surface area contributed by atoms with E-state index in [0.29, 0.717) is 18.1 Å². The molecule has 0 saturated heterocycles. The molecule has 0 aliphatic carbocycles. The van der Waals surface area contributed by atoms with Crippen LogP contribution in [-0.2, 0) is 20.3 Å². The van der Waals surface area contributed by atoms with Gasteiger partial charge in [-0.1, -0.05) is 13.8 Å². The van der Waals surface area contributed by atoms with Gasteiger partial charge in [0.1, 0.15) is 0 Å². The summed E-state index contributed by atoms with van der Waals surface area (Å²) in [6.07, 6.45) is 0. The predicted molar refractivity (Wildman–Crippen MR) is 49.3 cm³/mol. The van der Waals surface area contributed by atoms with Crippen LogP contribution in [0.4, 0.5) is 0 Å². The van der Waals surface area contributed by atoms with Crippen LogP contribution >= 0.6 is 0 Å². The molecule has 0 saturated carbocycles. The largest absolute Gasteiger partial charge is 0.466 e. The van der Waals surface area contributed by atoms with Crippen molar-refractivity contribution in [3.8, 4) is 0 Å². The fraction of sp³-hybridized carbons (Fsp3) is 0.875. The van der Waals surface area contributed by atoms with E-state index >= 15 is 0 Å². The maximum Gasteiger partial charge on any atom is 0.309 e. The van der Waals surface area contributed by atoms with Crippen LogP contribution in [0.25, 0.3) is 0 Å². The first kappa shape index (κ1) is 11.6. The van der Waals surface area contributed by atoms with Gasteiger partial charge in [-0.05, 0) is 6.92 Å². The lowest BCUT2D eigenvalue weighted by Gasteiger charge is -2.08. The van der Waals surface area contributed by atoms with E-state index in [1.807, 2.05) is 6.92 Å². The summed E-state index contributed by atoms with van der Waals surface area (Å²) in [6.45, 7) is 5.74. The number of esters is 1. The third kappa shape index (κ3) is 4.49. The molecule has 0 aliphatic heterocycles. The Labute approximate surface area is 75.9 Å². The molecule has 72 valence electrons. The molecule has 2 unspecified atom stereocenters. The highest BCUT2D eigenvalue weighted by Crippen LogP contribution is 2.01. The Hall–Kier alpha value is -0.380. The van der Waals surface area contributed by atoms with Crippen LogP contribution in [0, 0.1) is 5.92 Å². The number of carbonyl (C=O) groups excluding carboxylic acids is 1. The van der Waals surface area contributed by atoms with E-state index in [2.05, 4.69) is 0 Å². The van der Waals surface area contributed by atoms with Crippen molar-refractivity contribution < 1.29 is 13.7 Å². The van der Waals surface area contributed by atoms with Crippen molar-refractivity contribution in [3.05, 3.63) is 0 Å². The molecule has 0 aliphatic rings. The summed E-state index contributed by atoms with van der Waals surface area (Å²) < 4.78 is 15.8. The molecule has 4 heteroatoms. The highest BCUT2D eigenvalue weighted by Gasteiger charge is 2.15. The predicted octanol–water partition coefficient (Wildman–Crippen LogP) is 0.954. The molecular weight excluding hydrogens is 176 g/mol. The lowest BCUT2D eigenvalue weighted by molar-refractivity contribution is -0.146. The van der Waals surface area contributed by atoms with Gasteiger partial charge in [-0.15, -0.1) is 0 Å². The number of ether oxygens (including phenoxy) is 1. The summed E-state index contributed by atoms with van der Waals surface area (Å²) >= 11 is 0. The van der Waals surface area contributed by atoms with Crippen LogP contribution in [0.1, 0.15) is 20.8 Å². The van der Waals surface area contributed by atoms with Crippen LogP contribution < -0.4 is 0 Å². The maximum atomic E-state index is 11.0. The van der Waals surface area contributed by atoms with Crippen molar-refractivity contribution in [3.63, 3.8) is 0 Å². The van der Waals surface area contributed by atoms with E-state index < -0.39 is 10.8 Å². The molecule has 0 spiro atoms. The van der Waals surface area contributed by atoms with Gasteiger partial charge in [-0.2, -0.15) is 0 Å². The number of hydrogen-bond donors (Lipinski definition) is 0. The molecular formula is C8H16O3S. The molecule has 0 heterocycles. The normalized spacial score (nSPS) is 15.2. The highest BCUT2D eigenvalue weighted by atomic mass is 32.2. The van der Waals surface area contributed by atoms with Crippen LogP contribution in [0.15, 0.2) is 0 Å². The Morgan fingerprint density at radius 1 is 1.50 bits per heavy atom. The van der Waals surface area contributed by atoms with Crippen molar-refractivity contribution in [1.29, 1.82) is 0 Å². The number of hydrogen-bond acceptors (Lipinski definition) is 3. The van der Waals surface area contributed by atoms with Crippen molar-refractivity contribution in [1.82, 2.24) is 0 Å². The first-order valence-corrected chi connectivity index (χ1v) is 5.62. The summed E-state index contributed by atoms with van der Waals surface area (Å²) in [5.41, 5.74) is 0. The summed E-state index contributed by atoms with van der Waals surface area (Å²) in [7, 11) is -0.882. The van der Waals surface area contributed by atoms with Crippen molar-refractivity contribution >= 4 is 16.8 Å². The quantitative estimate of drug-likeness (QED) is 0.609. The minimum Gasteiger partial charge on any atom is -0.466 e. The second-order valence-corrected chi connectivity index (χ2v) is 4.34. The Kier molecular flexibility index (Phi) is 5.98. The molecule has 0 amide bonds. The molecule has 0 fully saturated rings. The molecule has 0 radical (unpaired) electrons. The zero-order valence-electron chi connectivity index (χ0n) is 7.83. The highest BCUT2D eigenvalue weighted by molar-refractivity contribution is 7.84. The van der Waals surface area contributed by atoms with Gasteiger partial charge in [-0.3, -0.25) is 9.00 Å². The second-order valence-electron chi connectivity index (χ2n) is 2.55. The van der Waals surface area contributed by atoms with Gasteiger partial charge in [0.2, 0.25) is 0 Å². The molecule has 0 aromatic rings. The van der Waals surface area contributed by atoms with Crippen LogP contribution in [0.3, 0.4) is 0 Å². The topological polar surface area (TPSA) is 43.4 Å². The monoisotopic (exact) mass is 192 g/mol. The third-order valence-corrected chi connectivity index (χ3v) is 2.96. The van der Waals surface area contributed by atoms with E-state index in [1.54, 1.807) is 13.8 Å². The van der Waals surface area contributed by atoms with Gasteiger partial charge >= 0.3 is 5.97 Å². The fourth-order valence-electron chi connectivity index (χ4n) is 0.749. The smallest absolute Gasteiger partial charge is 0.309 e. The second kappa shape index (κ2) is 6.17. The van der Waals surface area contributed by atoms with Gasteiger partial charge in [0.15, 0.2) is 0 Å². The SMILES string of the molecule is CCOC(=O)C(C)CS(=O)CC. The number of carbonyl (C=O) groups is 1. The summed E-state index contributed by atoms with van der Waals surface area (Å²) in [6, 6.07) is 0. The zero-order valence-corrected chi connectivity index (χ0v) is 8.65. The average molecular weight is 192 g/mol. The first-order valence-electron chi connectivity index (χ1n) is 4.13. The summed E-state index contributed by atoms with van der Waals surface area (Å²) in [4.78, 5) is 11.0. The summed E-state index contributed by atoms with van der Waals surface area (Å²) in [5.74, 6) is 0.518. The lowest BCUT2D eigenvalue weighted by atomic mass is 10.2. The molecule has 0 bridgehead atoms. The maximum absolute atomic E-state index is 11.0. The third-order valence-electron chi connectivity index (χ3n) is 1.45. The van der Waals surface area contributed by atoms with Crippen LogP contribution in [0.5, 0.6) is 0 Å². The molecule has 12 heavy (non-hydrogen) atoms. The molecule has 0 N–H and O–H groups in total. The molecule has 2 atom stereocenters. The molecule has 0 rings (SSSR count). The van der Waals surface area contributed by atoms with E-state index in [-0.39, 0.29) is 11.9 Å². The van der Waals surface area contributed by atoms with Gasteiger partial charge in [0.25, 0.3) is 0 Å². The zero-order chi connectivity index (χ0) is 9.56. The van der Waals surface area contributed by atoms with Gasteiger partial charge < -0.3 is 4.74 Å². The van der Waals surface area contributed by atoms with E-state index in [4.69, 9.17) is 4.74 Å². The minimum atomic E-state index is -0.882. The first-order chi connectivity index (χ1) is 5.61. The van der Waals surface area contributed by atoms with E-state index in [9.17, 15) is 9.00 Å². The van der Waals surface area contributed by atoms with Crippen LogP contribution in [0.2, 0.25) is 0 Å². The molecule has 3 nitrogen and oxygen atoms in total. The van der Waals surface area contributed by atoms with Crippen LogP contribution in [-0.4, -0.2) is 28.3 Å². The van der Waals surface area contributed by atoms with Gasteiger partial charge in [0.05, 0.1) is 12.5 Å². The van der Waals surface area contributed by atoms with E-state index in [0.717, 1.165) is 0 Å². The fourth-order valence-corrected chi connectivity index (χ4v) is 1.68. The van der Waals surface area contributed by atoms with E-state index in [1.165, 1.54) is 0 Å². The molecule has 0 aromatic carbocycles. The van der Waals surface area contributed by atoms with Gasteiger partial charge in [0, 0.05) is 22.3 Å². The van der Waals surface area contributed by atoms with Crippen molar-refractivity contribution in [2.24, 2.45) is 5.92 Å². The minimum absolute atomic E-state index is 0.245. The lowest BCUT2D eigenvalue weighted by Crippen LogP contribution is -2.21. The van der Waals surface area contributed by atoms with Crippen molar-refractivity contribution in [2.45, 2.75) is 20.8 Å². The summed E-state index contributed by atoms with van der Waals surface area (Å²) in [5, 5.41) is 0. The average Bonchev–Trinajstić information content (AvgIpc) is 2.04. The molecule has 0 aromatic heterocycles. The Bertz CT molecular complexity index is 168. The standard InChI is InChI=1S/C8H16O3S/c1-4-11-8(9)7(3)6-12(10)5-2/h7H,4-6H2,1-3H3.